The van der Waals surface area contributed by atoms with Gasteiger partial charge in [0, 0.05) is 16.5 Å². The summed E-state index contributed by atoms with van der Waals surface area (Å²) in [6.07, 6.45) is 1.51. The van der Waals surface area contributed by atoms with Crippen LogP contribution in [0.1, 0.15) is 16.9 Å². The van der Waals surface area contributed by atoms with E-state index in [0.29, 0.717) is 6.54 Å². The number of aliphatic imine (C=N–C) groups is 1. The largest absolute Gasteiger partial charge is 0.454 e. The molecule has 0 aliphatic carbocycles. The molecule has 4 aromatic rings. The Morgan fingerprint density at radius 2 is 2.00 bits per heavy atom. The van der Waals surface area contributed by atoms with E-state index in [1.54, 1.807) is 0 Å². The second kappa shape index (κ2) is 4.64. The third-order valence-electron chi connectivity index (χ3n) is 4.12. The summed E-state index contributed by atoms with van der Waals surface area (Å²) in [4.78, 5) is 8.88. The maximum Gasteiger partial charge on any atom is 0.155 e. The molecule has 2 aromatic carbocycles. The van der Waals surface area contributed by atoms with Crippen LogP contribution in [0.25, 0.3) is 22.4 Å². The summed E-state index contributed by atoms with van der Waals surface area (Å²) in [5.74, 6) is 1.56. The smallest absolute Gasteiger partial charge is 0.155 e. The number of hydrogen-bond acceptors (Lipinski definition) is 4. The Kier molecular flexibility index (Phi) is 2.49. The molecule has 0 atom stereocenters. The van der Waals surface area contributed by atoms with E-state index in [4.69, 9.17) is 4.42 Å². The number of fused-ring (bicyclic) bond motifs is 2. The van der Waals surface area contributed by atoms with Crippen LogP contribution in [-0.4, -0.2) is 20.9 Å². The summed E-state index contributed by atoms with van der Waals surface area (Å²) >= 11 is 0. The van der Waals surface area contributed by atoms with E-state index in [0.717, 1.165) is 39.4 Å². The second-order valence-corrected chi connectivity index (χ2v) is 5.52. The molecule has 0 bridgehead atoms. The summed E-state index contributed by atoms with van der Waals surface area (Å²) in [6.45, 7) is 0.679. The molecule has 5 rings (SSSR count). The van der Waals surface area contributed by atoms with Crippen LogP contribution in [0.4, 0.5) is 0 Å². The van der Waals surface area contributed by atoms with E-state index in [2.05, 4.69) is 32.3 Å². The van der Waals surface area contributed by atoms with Gasteiger partial charge < -0.3 is 4.42 Å². The number of hydrogen-bond donors (Lipinski definition) is 1. The molecule has 1 aliphatic heterocycles. The van der Waals surface area contributed by atoms with Crippen molar-refractivity contribution in [3.05, 3.63) is 71.7 Å². The molecular weight excluding hydrogens is 288 g/mol. The molecule has 110 valence electrons. The number of para-hydroxylation sites is 1. The maximum atomic E-state index is 5.97. The normalized spacial score (nSPS) is 13.3. The first-order chi connectivity index (χ1) is 11.4. The van der Waals surface area contributed by atoms with Gasteiger partial charge in [0.25, 0.3) is 0 Å². The molecule has 5 nitrogen and oxygen atoms in total. The number of nitrogens with one attached hydrogen (secondary N) is 1. The number of rotatable bonds is 2. The first-order valence-corrected chi connectivity index (χ1v) is 7.41. The fraction of sp³-hybridized carbons (Fsp3) is 0.0556. The molecule has 0 saturated carbocycles. The van der Waals surface area contributed by atoms with E-state index in [1.807, 2.05) is 36.4 Å². The van der Waals surface area contributed by atoms with Crippen molar-refractivity contribution in [1.82, 2.24) is 15.2 Å². The zero-order chi connectivity index (χ0) is 15.2. The van der Waals surface area contributed by atoms with Crippen LogP contribution < -0.4 is 0 Å². The topological polar surface area (TPSA) is 67.1 Å². The van der Waals surface area contributed by atoms with Crippen molar-refractivity contribution < 1.29 is 4.42 Å². The van der Waals surface area contributed by atoms with Gasteiger partial charge in [-0.25, -0.2) is 4.98 Å². The Hall–Kier alpha value is -3.21. The number of furan rings is 1. The molecule has 23 heavy (non-hydrogen) atoms. The Bertz CT molecular complexity index is 1010. The highest BCUT2D eigenvalue weighted by Crippen LogP contribution is 2.29. The number of aromatic amines is 1. The van der Waals surface area contributed by atoms with Gasteiger partial charge in [0.1, 0.15) is 17.6 Å². The number of nitrogens with zero attached hydrogens (tertiary/aromatic N) is 3. The van der Waals surface area contributed by atoms with Crippen molar-refractivity contribution in [2.75, 3.05) is 0 Å². The Morgan fingerprint density at radius 1 is 1.04 bits per heavy atom. The summed E-state index contributed by atoms with van der Waals surface area (Å²) in [7, 11) is 0. The molecule has 0 unspecified atom stereocenters. The molecule has 0 fully saturated rings. The van der Waals surface area contributed by atoms with Crippen molar-refractivity contribution in [3.8, 4) is 11.4 Å². The average Bonchev–Trinajstić information content (AvgIpc) is 3.32. The van der Waals surface area contributed by atoms with Gasteiger partial charge in [-0.3, -0.25) is 10.1 Å². The molecule has 2 aromatic heterocycles. The predicted molar refractivity (Wildman–Crippen MR) is 87.4 cm³/mol. The number of H-pyrrole nitrogens is 1. The Morgan fingerprint density at radius 3 is 2.87 bits per heavy atom. The third kappa shape index (κ3) is 1.90. The van der Waals surface area contributed by atoms with Gasteiger partial charge in [-0.05, 0) is 23.8 Å². The third-order valence-corrected chi connectivity index (χ3v) is 4.12. The lowest BCUT2D eigenvalue weighted by Crippen LogP contribution is -1.99. The SMILES string of the molecule is c1ccc2oc(C3=NCc4ccc(-c5ncn[nH]5)cc43)cc2c1. The Labute approximate surface area is 131 Å². The quantitative estimate of drug-likeness (QED) is 0.615. The lowest BCUT2D eigenvalue weighted by atomic mass is 10.0. The fourth-order valence-electron chi connectivity index (χ4n) is 2.99. The molecule has 0 amide bonds. The van der Waals surface area contributed by atoms with Crippen LogP contribution in [-0.2, 0) is 6.54 Å². The highest BCUT2D eigenvalue weighted by molar-refractivity contribution is 6.15. The summed E-state index contributed by atoms with van der Waals surface area (Å²) in [6, 6.07) is 16.3. The van der Waals surface area contributed by atoms with E-state index >= 15 is 0 Å². The second-order valence-electron chi connectivity index (χ2n) is 5.52. The Balaban J connectivity index is 1.64. The van der Waals surface area contributed by atoms with Crippen LogP contribution in [0.5, 0.6) is 0 Å². The zero-order valence-corrected chi connectivity index (χ0v) is 12.2. The van der Waals surface area contributed by atoms with Crippen LogP contribution in [0.3, 0.4) is 0 Å². The fourth-order valence-corrected chi connectivity index (χ4v) is 2.99. The molecule has 1 aliphatic rings. The van der Waals surface area contributed by atoms with Crippen molar-refractivity contribution in [2.24, 2.45) is 4.99 Å². The van der Waals surface area contributed by atoms with E-state index in [1.165, 1.54) is 11.9 Å². The molecule has 1 N–H and O–H groups in total. The van der Waals surface area contributed by atoms with Gasteiger partial charge in [0.15, 0.2) is 11.6 Å². The van der Waals surface area contributed by atoms with Crippen LogP contribution in [0.2, 0.25) is 0 Å². The zero-order valence-electron chi connectivity index (χ0n) is 12.2. The minimum atomic E-state index is 0.679. The van der Waals surface area contributed by atoms with Gasteiger partial charge in [-0.15, -0.1) is 0 Å². The highest BCUT2D eigenvalue weighted by Gasteiger charge is 2.21. The van der Waals surface area contributed by atoms with Crippen molar-refractivity contribution >= 4 is 16.7 Å². The monoisotopic (exact) mass is 300 g/mol. The van der Waals surface area contributed by atoms with Gasteiger partial charge in [0.2, 0.25) is 0 Å². The average molecular weight is 300 g/mol. The summed E-state index contributed by atoms with van der Waals surface area (Å²) < 4.78 is 5.97. The predicted octanol–water partition coefficient (Wildman–Crippen LogP) is 3.57. The molecule has 5 heteroatoms. The van der Waals surface area contributed by atoms with Crippen molar-refractivity contribution in [1.29, 1.82) is 0 Å². The van der Waals surface area contributed by atoms with E-state index < -0.39 is 0 Å². The first-order valence-electron chi connectivity index (χ1n) is 7.41. The van der Waals surface area contributed by atoms with Crippen LogP contribution >= 0.6 is 0 Å². The number of benzene rings is 2. The standard InChI is InChI=1S/C18H12N4O/c1-2-4-15-11(3-1)8-16(23-15)17-14-7-12(18-20-10-21-22-18)5-6-13(14)9-19-17/h1-8,10H,9H2,(H,20,21,22). The van der Waals surface area contributed by atoms with E-state index in [9.17, 15) is 0 Å². The van der Waals surface area contributed by atoms with Crippen molar-refractivity contribution in [3.63, 3.8) is 0 Å². The van der Waals surface area contributed by atoms with Gasteiger partial charge in [-0.2, -0.15) is 5.10 Å². The maximum absolute atomic E-state index is 5.97. The molecule has 0 spiro atoms. The lowest BCUT2D eigenvalue weighted by Gasteiger charge is -2.03. The van der Waals surface area contributed by atoms with Gasteiger partial charge in [-0.1, -0.05) is 30.3 Å². The first kappa shape index (κ1) is 12.3. The summed E-state index contributed by atoms with van der Waals surface area (Å²) in [5.41, 5.74) is 5.07. The van der Waals surface area contributed by atoms with Gasteiger partial charge in [0.05, 0.1) is 6.54 Å². The lowest BCUT2D eigenvalue weighted by molar-refractivity contribution is 0.605. The highest BCUT2D eigenvalue weighted by atomic mass is 16.3. The van der Waals surface area contributed by atoms with Crippen LogP contribution in [0.15, 0.2) is 64.3 Å². The minimum Gasteiger partial charge on any atom is -0.454 e. The molecule has 0 saturated heterocycles. The molecule has 3 heterocycles. The molecule has 0 radical (unpaired) electrons. The molecular formula is C18H12N4O. The summed E-state index contributed by atoms with van der Waals surface area (Å²) in [5, 5.41) is 7.90. The number of aromatic nitrogens is 3. The van der Waals surface area contributed by atoms with Gasteiger partial charge >= 0.3 is 0 Å². The van der Waals surface area contributed by atoms with Crippen molar-refractivity contribution in [2.45, 2.75) is 6.54 Å². The van der Waals surface area contributed by atoms with Crippen LogP contribution in [0, 0.1) is 0 Å². The minimum absolute atomic E-state index is 0.679. The van der Waals surface area contributed by atoms with E-state index in [-0.39, 0.29) is 0 Å².